The Bertz CT molecular complexity index is 233. The molecule has 0 saturated carbocycles. The van der Waals surface area contributed by atoms with Crippen molar-refractivity contribution in [2.24, 2.45) is 13.0 Å². The molecule has 1 aromatic rings. The minimum atomic E-state index is 0. The van der Waals surface area contributed by atoms with E-state index in [0.717, 1.165) is 18.8 Å². The number of aryl methyl sites for hydroxylation is 1. The van der Waals surface area contributed by atoms with Gasteiger partial charge in [0.1, 0.15) is 0 Å². The molecule has 0 atom stereocenters. The standard InChI is InChI=1S/C9H17N3.ClH/c1-8(2)6-10-7-9-4-5-12(3)11-9;/h4-5,8,10H,6-7H2,1-3H3;1H. The summed E-state index contributed by atoms with van der Waals surface area (Å²) in [6, 6.07) is 2.04. The van der Waals surface area contributed by atoms with Crippen molar-refractivity contribution in [2.75, 3.05) is 6.54 Å². The predicted octanol–water partition coefficient (Wildman–Crippen LogP) is 1.59. The number of nitrogens with zero attached hydrogens (tertiary/aromatic N) is 2. The molecule has 3 nitrogen and oxygen atoms in total. The summed E-state index contributed by atoms with van der Waals surface area (Å²) in [7, 11) is 1.94. The van der Waals surface area contributed by atoms with Crippen LogP contribution in [0.15, 0.2) is 12.3 Å². The molecule has 4 heteroatoms. The molecule has 0 aliphatic heterocycles. The molecule has 1 heterocycles. The van der Waals surface area contributed by atoms with E-state index < -0.39 is 0 Å². The predicted molar refractivity (Wildman–Crippen MR) is 57.0 cm³/mol. The topological polar surface area (TPSA) is 29.9 Å². The van der Waals surface area contributed by atoms with Crippen LogP contribution in [0.3, 0.4) is 0 Å². The summed E-state index contributed by atoms with van der Waals surface area (Å²) in [4.78, 5) is 0. The second-order valence-corrected chi connectivity index (χ2v) is 3.51. The summed E-state index contributed by atoms with van der Waals surface area (Å²) in [5.41, 5.74) is 1.11. The minimum absolute atomic E-state index is 0. The van der Waals surface area contributed by atoms with E-state index in [1.165, 1.54) is 0 Å². The summed E-state index contributed by atoms with van der Waals surface area (Å²) in [5, 5.41) is 7.60. The fourth-order valence-corrected chi connectivity index (χ4v) is 1.05. The monoisotopic (exact) mass is 203 g/mol. The molecule has 1 rings (SSSR count). The van der Waals surface area contributed by atoms with Gasteiger partial charge in [-0.2, -0.15) is 5.10 Å². The van der Waals surface area contributed by atoms with Gasteiger partial charge in [-0.05, 0) is 18.5 Å². The van der Waals surface area contributed by atoms with E-state index in [1.807, 2.05) is 24.0 Å². The lowest BCUT2D eigenvalue weighted by atomic mass is 10.2. The van der Waals surface area contributed by atoms with Crippen LogP contribution in [0.5, 0.6) is 0 Å². The van der Waals surface area contributed by atoms with Crippen LogP contribution in [-0.2, 0) is 13.6 Å². The maximum Gasteiger partial charge on any atom is 0.0762 e. The quantitative estimate of drug-likeness (QED) is 0.806. The van der Waals surface area contributed by atoms with Crippen molar-refractivity contribution >= 4 is 12.4 Å². The highest BCUT2D eigenvalue weighted by Gasteiger charge is 1.96. The molecule has 0 aliphatic carbocycles. The van der Waals surface area contributed by atoms with Gasteiger partial charge in [0.05, 0.1) is 5.69 Å². The maximum atomic E-state index is 4.26. The zero-order valence-electron chi connectivity index (χ0n) is 8.45. The number of halogens is 1. The summed E-state index contributed by atoms with van der Waals surface area (Å²) in [6.45, 7) is 6.33. The van der Waals surface area contributed by atoms with Crippen LogP contribution < -0.4 is 5.32 Å². The Kier molecular flexibility index (Phi) is 5.75. The molecule has 0 saturated heterocycles. The van der Waals surface area contributed by atoms with Crippen LogP contribution in [0.25, 0.3) is 0 Å². The first-order valence-electron chi connectivity index (χ1n) is 4.37. The van der Waals surface area contributed by atoms with Gasteiger partial charge in [0.15, 0.2) is 0 Å². The van der Waals surface area contributed by atoms with Crippen molar-refractivity contribution in [3.05, 3.63) is 18.0 Å². The molecular weight excluding hydrogens is 186 g/mol. The Morgan fingerprint density at radius 1 is 1.54 bits per heavy atom. The van der Waals surface area contributed by atoms with Gasteiger partial charge in [-0.15, -0.1) is 12.4 Å². The third kappa shape index (κ3) is 4.90. The highest BCUT2D eigenvalue weighted by atomic mass is 35.5. The van der Waals surface area contributed by atoms with Crippen LogP contribution in [0.1, 0.15) is 19.5 Å². The van der Waals surface area contributed by atoms with Gasteiger partial charge in [0.25, 0.3) is 0 Å². The molecule has 0 spiro atoms. The summed E-state index contributed by atoms with van der Waals surface area (Å²) >= 11 is 0. The van der Waals surface area contributed by atoms with Gasteiger partial charge in [-0.1, -0.05) is 13.8 Å². The number of nitrogens with one attached hydrogen (secondary N) is 1. The van der Waals surface area contributed by atoms with E-state index in [9.17, 15) is 0 Å². The Morgan fingerprint density at radius 2 is 2.23 bits per heavy atom. The fraction of sp³-hybridized carbons (Fsp3) is 0.667. The lowest BCUT2D eigenvalue weighted by molar-refractivity contribution is 0.545. The zero-order valence-corrected chi connectivity index (χ0v) is 9.27. The Balaban J connectivity index is 0.00000144. The van der Waals surface area contributed by atoms with Crippen LogP contribution >= 0.6 is 12.4 Å². The second kappa shape index (κ2) is 6.00. The molecule has 76 valence electrons. The first-order valence-corrected chi connectivity index (χ1v) is 4.37. The fourth-order valence-electron chi connectivity index (χ4n) is 1.05. The normalized spacial score (nSPS) is 10.2. The van der Waals surface area contributed by atoms with Gasteiger partial charge in [-0.25, -0.2) is 0 Å². The van der Waals surface area contributed by atoms with Gasteiger partial charge in [0.2, 0.25) is 0 Å². The first kappa shape index (κ1) is 12.5. The molecule has 0 unspecified atom stereocenters. The number of aromatic nitrogens is 2. The van der Waals surface area contributed by atoms with Crippen molar-refractivity contribution in [3.63, 3.8) is 0 Å². The maximum absolute atomic E-state index is 4.26. The Labute approximate surface area is 85.9 Å². The molecule has 0 fully saturated rings. The van der Waals surface area contributed by atoms with Crippen molar-refractivity contribution in [1.82, 2.24) is 15.1 Å². The van der Waals surface area contributed by atoms with Crippen LogP contribution in [0.2, 0.25) is 0 Å². The molecule has 0 aromatic carbocycles. The van der Waals surface area contributed by atoms with E-state index in [0.29, 0.717) is 5.92 Å². The van der Waals surface area contributed by atoms with Gasteiger partial charge < -0.3 is 5.32 Å². The Morgan fingerprint density at radius 3 is 2.69 bits per heavy atom. The van der Waals surface area contributed by atoms with Gasteiger partial charge in [0, 0.05) is 19.8 Å². The van der Waals surface area contributed by atoms with Crippen molar-refractivity contribution in [1.29, 1.82) is 0 Å². The highest BCUT2D eigenvalue weighted by molar-refractivity contribution is 5.85. The van der Waals surface area contributed by atoms with Crippen LogP contribution in [0.4, 0.5) is 0 Å². The molecule has 0 radical (unpaired) electrons. The van der Waals surface area contributed by atoms with Crippen LogP contribution in [0, 0.1) is 5.92 Å². The van der Waals surface area contributed by atoms with Gasteiger partial charge >= 0.3 is 0 Å². The van der Waals surface area contributed by atoms with E-state index in [-0.39, 0.29) is 12.4 Å². The first-order chi connectivity index (χ1) is 5.68. The number of hydrogen-bond donors (Lipinski definition) is 1. The zero-order chi connectivity index (χ0) is 8.97. The highest BCUT2D eigenvalue weighted by Crippen LogP contribution is 1.94. The second-order valence-electron chi connectivity index (χ2n) is 3.51. The van der Waals surface area contributed by atoms with Crippen molar-refractivity contribution < 1.29 is 0 Å². The SMILES string of the molecule is CC(C)CNCc1ccn(C)n1.Cl. The smallest absolute Gasteiger partial charge is 0.0762 e. The third-order valence-electron chi connectivity index (χ3n) is 1.63. The summed E-state index contributed by atoms with van der Waals surface area (Å²) in [6.07, 6.45) is 1.96. The molecule has 1 N–H and O–H groups in total. The Hall–Kier alpha value is -0.540. The molecule has 1 aromatic heterocycles. The van der Waals surface area contributed by atoms with E-state index in [1.54, 1.807) is 0 Å². The van der Waals surface area contributed by atoms with Crippen molar-refractivity contribution in [2.45, 2.75) is 20.4 Å². The average molecular weight is 204 g/mol. The van der Waals surface area contributed by atoms with E-state index >= 15 is 0 Å². The van der Waals surface area contributed by atoms with E-state index in [2.05, 4.69) is 24.3 Å². The van der Waals surface area contributed by atoms with Crippen LogP contribution in [-0.4, -0.2) is 16.3 Å². The minimum Gasteiger partial charge on any atom is -0.311 e. The van der Waals surface area contributed by atoms with Gasteiger partial charge in [-0.3, -0.25) is 4.68 Å². The molecular formula is C9H18ClN3. The molecule has 13 heavy (non-hydrogen) atoms. The molecule has 0 aliphatic rings. The van der Waals surface area contributed by atoms with E-state index in [4.69, 9.17) is 0 Å². The number of hydrogen-bond acceptors (Lipinski definition) is 2. The number of rotatable bonds is 4. The summed E-state index contributed by atoms with van der Waals surface area (Å²) in [5.74, 6) is 0.703. The summed E-state index contributed by atoms with van der Waals surface area (Å²) < 4.78 is 1.83. The largest absolute Gasteiger partial charge is 0.311 e. The molecule has 0 amide bonds. The lowest BCUT2D eigenvalue weighted by Crippen LogP contribution is -2.19. The third-order valence-corrected chi connectivity index (χ3v) is 1.63. The average Bonchev–Trinajstić information content (AvgIpc) is 2.35. The molecule has 0 bridgehead atoms. The van der Waals surface area contributed by atoms with Crippen molar-refractivity contribution in [3.8, 4) is 0 Å². The lowest BCUT2D eigenvalue weighted by Gasteiger charge is -2.04.